The molecule has 0 saturated carbocycles. The molecule has 0 radical (unpaired) electrons. The van der Waals surface area contributed by atoms with Crippen molar-refractivity contribution in [1.29, 1.82) is 0 Å². The second-order valence-corrected chi connectivity index (χ2v) is 10.9. The maximum Gasteiger partial charge on any atom is 0.183 e. The van der Waals surface area contributed by atoms with Crippen molar-refractivity contribution >= 4 is 23.5 Å². The van der Waals surface area contributed by atoms with Crippen molar-refractivity contribution in [3.63, 3.8) is 0 Å². The number of hydrogen-bond acceptors (Lipinski definition) is 6. The van der Waals surface area contributed by atoms with Crippen LogP contribution in [0.4, 0.5) is 0 Å². The van der Waals surface area contributed by atoms with Crippen molar-refractivity contribution < 1.29 is 9.47 Å². The molecule has 2 saturated heterocycles. The van der Waals surface area contributed by atoms with Crippen LogP contribution in [0.3, 0.4) is 0 Å². The molecule has 0 aliphatic carbocycles. The van der Waals surface area contributed by atoms with Gasteiger partial charge in [-0.05, 0) is 44.4 Å². The Bertz CT molecular complexity index is 379. The van der Waals surface area contributed by atoms with Crippen molar-refractivity contribution in [1.82, 2.24) is 9.80 Å². The van der Waals surface area contributed by atoms with Crippen molar-refractivity contribution in [2.45, 2.75) is 37.6 Å². The predicted octanol–water partition coefficient (Wildman–Crippen LogP) is 3.82. The summed E-state index contributed by atoms with van der Waals surface area (Å²) in [6, 6.07) is 0. The van der Waals surface area contributed by atoms with Gasteiger partial charge in [0, 0.05) is 39.8 Å². The minimum atomic E-state index is -0.410. The molecule has 6 heteroatoms. The molecule has 0 aromatic rings. The quantitative estimate of drug-likeness (QED) is 0.658. The molecule has 2 rings (SSSR count). The second kappa shape index (κ2) is 10.4. The molecule has 2 heterocycles. The van der Waals surface area contributed by atoms with Gasteiger partial charge in [-0.15, -0.1) is 23.5 Å². The average molecular weight is 407 g/mol. The Balaban J connectivity index is 0.000000260. The van der Waals surface area contributed by atoms with Crippen molar-refractivity contribution in [3.05, 3.63) is 0 Å². The maximum atomic E-state index is 5.52. The van der Waals surface area contributed by atoms with E-state index in [4.69, 9.17) is 9.47 Å². The SMILES string of the molecule is COC1(OC)CN(C)CC(C)C1C.CSC1(SC)CN(C)CC(C)C1C. The third-order valence-electron chi connectivity index (χ3n) is 6.66. The summed E-state index contributed by atoms with van der Waals surface area (Å²) in [6.45, 7) is 13.7. The first-order chi connectivity index (χ1) is 12.1. The van der Waals surface area contributed by atoms with Crippen molar-refractivity contribution in [2.75, 3.05) is 67.0 Å². The molecule has 4 unspecified atom stereocenters. The molecule has 0 bridgehead atoms. The third-order valence-corrected chi connectivity index (χ3v) is 10.0. The van der Waals surface area contributed by atoms with Gasteiger partial charge in [-0.3, -0.25) is 0 Å². The Labute approximate surface area is 171 Å². The molecule has 0 aromatic carbocycles. The van der Waals surface area contributed by atoms with Crippen LogP contribution in [0, 0.1) is 23.7 Å². The van der Waals surface area contributed by atoms with Gasteiger partial charge in [0.1, 0.15) is 0 Å². The Kier molecular flexibility index (Phi) is 9.79. The Morgan fingerprint density at radius 2 is 1.19 bits per heavy atom. The van der Waals surface area contributed by atoms with Gasteiger partial charge in [-0.25, -0.2) is 0 Å². The second-order valence-electron chi connectivity index (χ2n) is 8.37. The van der Waals surface area contributed by atoms with E-state index in [2.05, 4.69) is 64.1 Å². The van der Waals surface area contributed by atoms with Gasteiger partial charge >= 0.3 is 0 Å². The van der Waals surface area contributed by atoms with E-state index >= 15 is 0 Å². The van der Waals surface area contributed by atoms with Crippen LogP contribution in [-0.2, 0) is 9.47 Å². The summed E-state index contributed by atoms with van der Waals surface area (Å²) in [6.07, 6.45) is 4.50. The first-order valence-corrected chi connectivity index (χ1v) is 12.1. The average Bonchev–Trinajstić information content (AvgIpc) is 2.62. The maximum absolute atomic E-state index is 5.52. The number of likely N-dealkylation sites (N-methyl/N-ethyl adjacent to an activating group) is 1. The normalized spacial score (nSPS) is 34.8. The molecule has 2 aliphatic heterocycles. The Morgan fingerprint density at radius 3 is 1.62 bits per heavy atom. The number of methoxy groups -OCH3 is 2. The highest BCUT2D eigenvalue weighted by molar-refractivity contribution is 8.17. The van der Waals surface area contributed by atoms with E-state index in [0.717, 1.165) is 24.9 Å². The molecular formula is C20H42N2O2S2. The zero-order valence-electron chi connectivity index (χ0n) is 18.7. The molecule has 26 heavy (non-hydrogen) atoms. The fourth-order valence-corrected chi connectivity index (χ4v) is 7.08. The molecule has 0 aromatic heterocycles. The number of nitrogens with zero attached hydrogens (tertiary/aromatic N) is 2. The van der Waals surface area contributed by atoms with E-state index in [-0.39, 0.29) is 0 Å². The van der Waals surface area contributed by atoms with Crippen LogP contribution in [0.5, 0.6) is 0 Å². The largest absolute Gasteiger partial charge is 0.352 e. The lowest BCUT2D eigenvalue weighted by atomic mass is 9.83. The van der Waals surface area contributed by atoms with Crippen molar-refractivity contribution in [2.24, 2.45) is 23.7 Å². The monoisotopic (exact) mass is 406 g/mol. The highest BCUT2D eigenvalue weighted by Gasteiger charge is 2.44. The lowest BCUT2D eigenvalue weighted by molar-refractivity contribution is -0.267. The molecule has 2 fully saturated rings. The molecule has 4 nitrogen and oxygen atoms in total. The first-order valence-electron chi connectivity index (χ1n) is 9.69. The number of ether oxygens (including phenoxy) is 2. The number of likely N-dealkylation sites (tertiary alicyclic amines) is 2. The molecule has 0 amide bonds. The van der Waals surface area contributed by atoms with Crippen LogP contribution < -0.4 is 0 Å². The summed E-state index contributed by atoms with van der Waals surface area (Å²) in [5.41, 5.74) is 0. The highest BCUT2D eigenvalue weighted by Crippen LogP contribution is 2.47. The highest BCUT2D eigenvalue weighted by atomic mass is 32.2. The summed E-state index contributed by atoms with van der Waals surface area (Å²) in [5, 5.41) is 0. The van der Waals surface area contributed by atoms with Crippen LogP contribution in [0.25, 0.3) is 0 Å². The van der Waals surface area contributed by atoms with E-state index in [0.29, 0.717) is 15.9 Å². The molecule has 0 N–H and O–H groups in total. The molecular weight excluding hydrogens is 364 g/mol. The molecule has 4 atom stereocenters. The minimum Gasteiger partial charge on any atom is -0.352 e. The zero-order chi connectivity index (χ0) is 20.1. The number of hydrogen-bond donors (Lipinski definition) is 0. The number of thioether (sulfide) groups is 2. The van der Waals surface area contributed by atoms with E-state index in [1.165, 1.54) is 13.1 Å². The fraction of sp³-hybridized carbons (Fsp3) is 1.00. The summed E-state index contributed by atoms with van der Waals surface area (Å²) < 4.78 is 11.5. The molecule has 2 aliphatic rings. The Hall–Kier alpha value is 0.540. The smallest absolute Gasteiger partial charge is 0.183 e. The van der Waals surface area contributed by atoms with Gasteiger partial charge in [-0.1, -0.05) is 27.7 Å². The zero-order valence-corrected chi connectivity index (χ0v) is 20.3. The van der Waals surface area contributed by atoms with Crippen LogP contribution in [0.2, 0.25) is 0 Å². The molecule has 156 valence electrons. The van der Waals surface area contributed by atoms with Crippen LogP contribution in [0.1, 0.15) is 27.7 Å². The lowest BCUT2D eigenvalue weighted by Crippen LogP contribution is -2.57. The van der Waals surface area contributed by atoms with Gasteiger partial charge in [0.15, 0.2) is 5.79 Å². The summed E-state index contributed by atoms with van der Waals surface area (Å²) >= 11 is 4.06. The number of rotatable bonds is 4. The minimum absolute atomic E-state index is 0.410. The van der Waals surface area contributed by atoms with E-state index in [1.54, 1.807) is 14.2 Å². The van der Waals surface area contributed by atoms with Gasteiger partial charge in [-0.2, -0.15) is 0 Å². The first kappa shape index (κ1) is 24.6. The standard InChI is InChI=1S/C10H21NO2.C10H21NS2/c2*1-8-6-11(3)7-10(12-4,13-5)9(8)2/h2*8-9H,6-7H2,1-5H3. The van der Waals surface area contributed by atoms with Crippen LogP contribution >= 0.6 is 23.5 Å². The van der Waals surface area contributed by atoms with E-state index < -0.39 is 5.79 Å². The third kappa shape index (κ3) is 5.32. The topological polar surface area (TPSA) is 24.9 Å². The molecule has 0 spiro atoms. The van der Waals surface area contributed by atoms with Gasteiger partial charge in [0.05, 0.1) is 10.6 Å². The lowest BCUT2D eigenvalue weighted by Gasteiger charge is -2.47. The summed E-state index contributed by atoms with van der Waals surface area (Å²) in [7, 11) is 7.80. The Morgan fingerprint density at radius 1 is 0.769 bits per heavy atom. The van der Waals surface area contributed by atoms with Gasteiger partial charge in [0.2, 0.25) is 0 Å². The summed E-state index contributed by atoms with van der Waals surface area (Å²) in [5.74, 6) is 2.27. The van der Waals surface area contributed by atoms with Crippen LogP contribution in [0.15, 0.2) is 0 Å². The van der Waals surface area contributed by atoms with E-state index in [1.807, 2.05) is 23.5 Å². The fourth-order valence-electron chi connectivity index (χ4n) is 4.50. The van der Waals surface area contributed by atoms with Gasteiger partial charge < -0.3 is 19.3 Å². The van der Waals surface area contributed by atoms with Crippen molar-refractivity contribution in [3.8, 4) is 0 Å². The van der Waals surface area contributed by atoms with E-state index in [9.17, 15) is 0 Å². The van der Waals surface area contributed by atoms with Crippen LogP contribution in [-0.4, -0.2) is 86.7 Å². The predicted molar refractivity (Wildman–Crippen MR) is 118 cm³/mol. The van der Waals surface area contributed by atoms with Gasteiger partial charge in [0.25, 0.3) is 0 Å². The summed E-state index contributed by atoms with van der Waals surface area (Å²) in [4.78, 5) is 4.73. The number of piperidine rings is 2.